The van der Waals surface area contributed by atoms with Crippen molar-refractivity contribution in [3.05, 3.63) is 12.7 Å². The lowest BCUT2D eigenvalue weighted by molar-refractivity contribution is 0.995. The zero-order chi connectivity index (χ0) is 9.82. The summed E-state index contributed by atoms with van der Waals surface area (Å²) >= 11 is 6.58. The quantitative estimate of drug-likeness (QED) is 0.551. The highest BCUT2D eigenvalue weighted by molar-refractivity contribution is 8.22. The lowest BCUT2D eigenvalue weighted by Gasteiger charge is -1.99. The molecule has 68 valence electrons. The van der Waals surface area contributed by atoms with E-state index in [0.717, 1.165) is 16.6 Å². The van der Waals surface area contributed by atoms with Gasteiger partial charge in [0, 0.05) is 12.6 Å². The number of nitrogens with one attached hydrogen (secondary N) is 1. The first-order chi connectivity index (χ1) is 5.72. The predicted octanol–water partition coefficient (Wildman–Crippen LogP) is 2.33. The molecule has 1 N–H and O–H groups in total. The van der Waals surface area contributed by atoms with Gasteiger partial charge in [0.2, 0.25) is 0 Å². The Balaban J connectivity index is 0. The summed E-state index contributed by atoms with van der Waals surface area (Å²) in [6, 6.07) is 1.69. The Bertz CT molecular complexity index is 153. The van der Waals surface area contributed by atoms with E-state index >= 15 is 0 Å². The van der Waals surface area contributed by atoms with Gasteiger partial charge in [0.1, 0.15) is 4.32 Å². The Morgan fingerprint density at radius 1 is 1.75 bits per heavy atom. The van der Waals surface area contributed by atoms with Crippen molar-refractivity contribution in [3.63, 3.8) is 0 Å². The molecule has 2 nitrogen and oxygen atoms in total. The lowest BCUT2D eigenvalue weighted by Crippen LogP contribution is -2.16. The maximum Gasteiger partial charge on any atom is 0.133 e. The van der Waals surface area contributed by atoms with Gasteiger partial charge in [-0.05, 0) is 12.7 Å². The van der Waals surface area contributed by atoms with E-state index in [-0.39, 0.29) is 0 Å². The average molecular weight is 202 g/mol. The predicted molar refractivity (Wildman–Crippen MR) is 60.2 cm³/mol. The van der Waals surface area contributed by atoms with Crippen molar-refractivity contribution in [2.24, 2.45) is 0 Å². The minimum Gasteiger partial charge on any atom is -0.371 e. The molecule has 4 heteroatoms. The fourth-order valence-electron chi connectivity index (χ4n) is 0.326. The van der Waals surface area contributed by atoms with Crippen LogP contribution >= 0.6 is 24.0 Å². The normalized spacial score (nSPS) is 7.08. The van der Waals surface area contributed by atoms with Crippen molar-refractivity contribution in [2.45, 2.75) is 13.8 Å². The maximum absolute atomic E-state index is 7.51. The molecule has 0 aromatic carbocycles. The summed E-state index contributed by atoms with van der Waals surface area (Å²) in [4.78, 5) is 0. The number of hydrogen-bond donors (Lipinski definition) is 1. The molecule has 0 rings (SSSR count). The molecule has 0 fully saturated rings. The highest BCUT2D eigenvalue weighted by Gasteiger charge is 1.88. The Kier molecular flexibility index (Phi) is 15.3. The molecule has 0 saturated carbocycles. The molecule has 0 atom stereocenters. The zero-order valence-corrected chi connectivity index (χ0v) is 9.10. The standard InChI is InChI=1S/C5H11NS2.C3H3N/c1-3-6-5(7)8-4-2;1-2-3-4/h3-4H2,1-2H3,(H,6,7);2H,1H2. The molecule has 0 saturated heterocycles. The van der Waals surface area contributed by atoms with Crippen LogP contribution in [0.2, 0.25) is 0 Å². The third-order valence-electron chi connectivity index (χ3n) is 0.688. The third kappa shape index (κ3) is 16.2. The van der Waals surface area contributed by atoms with Gasteiger partial charge in [0.05, 0.1) is 6.07 Å². The van der Waals surface area contributed by atoms with E-state index < -0.39 is 0 Å². The van der Waals surface area contributed by atoms with Crippen LogP contribution in [-0.4, -0.2) is 16.6 Å². The topological polar surface area (TPSA) is 35.8 Å². The van der Waals surface area contributed by atoms with Gasteiger partial charge in [-0.2, -0.15) is 5.26 Å². The largest absolute Gasteiger partial charge is 0.371 e. The fourth-order valence-corrected chi connectivity index (χ4v) is 1.33. The SMILES string of the molecule is C=CC#N.CCNC(=S)SCC. The van der Waals surface area contributed by atoms with Gasteiger partial charge >= 0.3 is 0 Å². The lowest BCUT2D eigenvalue weighted by atomic mass is 10.8. The summed E-state index contributed by atoms with van der Waals surface area (Å²) in [5.74, 6) is 1.06. The van der Waals surface area contributed by atoms with Crippen LogP contribution in [0.3, 0.4) is 0 Å². The fraction of sp³-hybridized carbons (Fsp3) is 0.500. The van der Waals surface area contributed by atoms with E-state index in [9.17, 15) is 0 Å². The number of nitriles is 1. The Morgan fingerprint density at radius 2 is 2.25 bits per heavy atom. The minimum absolute atomic E-state index is 0.912. The van der Waals surface area contributed by atoms with Gasteiger partial charge in [-0.15, -0.1) is 0 Å². The van der Waals surface area contributed by atoms with Crippen LogP contribution in [-0.2, 0) is 0 Å². The summed E-state index contributed by atoms with van der Waals surface area (Å²) in [7, 11) is 0. The first-order valence-electron chi connectivity index (χ1n) is 3.64. The van der Waals surface area contributed by atoms with E-state index in [2.05, 4.69) is 18.8 Å². The molecule has 0 bridgehead atoms. The van der Waals surface area contributed by atoms with Crippen LogP contribution in [0.4, 0.5) is 0 Å². The van der Waals surface area contributed by atoms with E-state index in [4.69, 9.17) is 17.5 Å². The van der Waals surface area contributed by atoms with Crippen LogP contribution in [0.25, 0.3) is 0 Å². The van der Waals surface area contributed by atoms with Crippen molar-refractivity contribution in [3.8, 4) is 6.07 Å². The van der Waals surface area contributed by atoms with Crippen molar-refractivity contribution in [1.29, 1.82) is 5.26 Å². The number of rotatable bonds is 2. The first kappa shape index (κ1) is 14.0. The number of hydrogen-bond acceptors (Lipinski definition) is 3. The second-order valence-electron chi connectivity index (χ2n) is 1.58. The number of thioether (sulfide) groups is 1. The molecule has 0 aliphatic heterocycles. The van der Waals surface area contributed by atoms with Crippen molar-refractivity contribution in [1.82, 2.24) is 5.32 Å². The van der Waals surface area contributed by atoms with Crippen molar-refractivity contribution < 1.29 is 0 Å². The van der Waals surface area contributed by atoms with E-state index in [1.165, 1.54) is 6.08 Å². The highest BCUT2D eigenvalue weighted by atomic mass is 32.2. The molecule has 0 aromatic rings. The number of nitrogens with zero attached hydrogens (tertiary/aromatic N) is 1. The molecule has 12 heavy (non-hydrogen) atoms. The molecule has 0 heterocycles. The molecule has 0 unspecified atom stereocenters. The van der Waals surface area contributed by atoms with Gasteiger partial charge in [-0.1, -0.05) is 37.5 Å². The first-order valence-corrected chi connectivity index (χ1v) is 5.03. The molecule has 0 aromatic heterocycles. The molecule has 0 amide bonds. The second-order valence-corrected chi connectivity index (χ2v) is 3.52. The van der Waals surface area contributed by atoms with E-state index in [0.29, 0.717) is 0 Å². The molecule has 0 aliphatic rings. The van der Waals surface area contributed by atoms with Gasteiger partial charge < -0.3 is 5.32 Å². The summed E-state index contributed by atoms with van der Waals surface area (Å²) in [6.45, 7) is 8.19. The van der Waals surface area contributed by atoms with Gasteiger partial charge in [-0.25, -0.2) is 0 Å². The van der Waals surface area contributed by atoms with Crippen molar-refractivity contribution >= 4 is 28.3 Å². The summed E-state index contributed by atoms with van der Waals surface area (Å²) in [5.41, 5.74) is 0. The van der Waals surface area contributed by atoms with E-state index in [1.54, 1.807) is 17.8 Å². The van der Waals surface area contributed by atoms with Gasteiger partial charge in [-0.3, -0.25) is 0 Å². The Morgan fingerprint density at radius 3 is 2.50 bits per heavy atom. The molecule has 0 aliphatic carbocycles. The van der Waals surface area contributed by atoms with Crippen LogP contribution in [0.5, 0.6) is 0 Å². The van der Waals surface area contributed by atoms with Crippen LogP contribution in [0.1, 0.15) is 13.8 Å². The Labute approximate surface area is 84.0 Å². The maximum atomic E-state index is 7.51. The molecular weight excluding hydrogens is 188 g/mol. The summed E-state index contributed by atoms with van der Waals surface area (Å²) in [6.07, 6.45) is 1.18. The van der Waals surface area contributed by atoms with Crippen molar-refractivity contribution in [2.75, 3.05) is 12.3 Å². The third-order valence-corrected chi connectivity index (χ3v) is 1.88. The smallest absolute Gasteiger partial charge is 0.133 e. The summed E-state index contributed by atoms with van der Waals surface area (Å²) < 4.78 is 0.912. The molecular formula is C8H14N2S2. The van der Waals surface area contributed by atoms with Gasteiger partial charge in [0.25, 0.3) is 0 Å². The molecule has 0 spiro atoms. The average Bonchev–Trinajstić information content (AvgIpc) is 2.06. The highest BCUT2D eigenvalue weighted by Crippen LogP contribution is 1.98. The minimum atomic E-state index is 0.912. The Hall–Kier alpha value is -0.530. The van der Waals surface area contributed by atoms with E-state index in [1.807, 2.05) is 6.92 Å². The monoisotopic (exact) mass is 202 g/mol. The van der Waals surface area contributed by atoms with Crippen LogP contribution < -0.4 is 5.32 Å². The summed E-state index contributed by atoms with van der Waals surface area (Å²) in [5, 5.41) is 10.5. The zero-order valence-electron chi connectivity index (χ0n) is 7.46. The number of allylic oxidation sites excluding steroid dienone is 1. The second kappa shape index (κ2) is 13.1. The molecule has 0 radical (unpaired) electrons. The number of thiocarbonyl (C=S) groups is 1. The van der Waals surface area contributed by atoms with Crippen LogP contribution in [0.15, 0.2) is 12.7 Å². The van der Waals surface area contributed by atoms with Gasteiger partial charge in [0.15, 0.2) is 0 Å². The van der Waals surface area contributed by atoms with Crippen LogP contribution in [0, 0.1) is 11.3 Å².